The number of alkyl carbamates (subject to hydrolysis) is 1. The molecule has 2 aliphatic carbocycles. The van der Waals surface area contributed by atoms with Crippen molar-refractivity contribution in [3.63, 3.8) is 0 Å². The molecule has 0 bridgehead atoms. The summed E-state index contributed by atoms with van der Waals surface area (Å²) >= 11 is 0. The van der Waals surface area contributed by atoms with Crippen molar-refractivity contribution in [3.8, 4) is 11.8 Å². The van der Waals surface area contributed by atoms with Gasteiger partial charge in [-0.1, -0.05) is 0 Å². The third-order valence-corrected chi connectivity index (χ3v) is 4.77. The van der Waals surface area contributed by atoms with Gasteiger partial charge in [0.2, 0.25) is 0 Å². The maximum absolute atomic E-state index is 11.6. The molecule has 1 saturated carbocycles. The van der Waals surface area contributed by atoms with Crippen molar-refractivity contribution in [1.82, 2.24) is 5.32 Å². The third kappa shape index (κ3) is 5.76. The van der Waals surface area contributed by atoms with E-state index in [0.29, 0.717) is 50.2 Å². The van der Waals surface area contributed by atoms with E-state index in [1.165, 1.54) is 0 Å². The number of hydrogen-bond acceptors (Lipinski definition) is 4. The molecule has 1 amide bonds. The molecule has 2 aliphatic rings. The summed E-state index contributed by atoms with van der Waals surface area (Å²) in [4.78, 5) is 22.2. The van der Waals surface area contributed by atoms with E-state index < -0.39 is 12.0 Å². The van der Waals surface area contributed by atoms with Crippen molar-refractivity contribution in [2.75, 3.05) is 13.2 Å². The fourth-order valence-corrected chi connectivity index (χ4v) is 3.31. The fraction of sp³-hybridized carbons (Fsp3) is 0.765. The molecule has 0 aromatic rings. The molecule has 128 valence electrons. The van der Waals surface area contributed by atoms with Gasteiger partial charge in [-0.15, -0.1) is 11.8 Å². The van der Waals surface area contributed by atoms with Gasteiger partial charge in [0, 0.05) is 19.4 Å². The molecule has 4 N–H and O–H groups in total. The van der Waals surface area contributed by atoms with Crippen LogP contribution in [0.15, 0.2) is 0 Å². The van der Waals surface area contributed by atoms with Crippen molar-refractivity contribution >= 4 is 12.1 Å². The lowest BCUT2D eigenvalue weighted by molar-refractivity contribution is -0.138. The molecule has 1 fully saturated rings. The van der Waals surface area contributed by atoms with Crippen LogP contribution < -0.4 is 11.1 Å². The Labute approximate surface area is 137 Å². The minimum absolute atomic E-state index is 0.386. The van der Waals surface area contributed by atoms with Gasteiger partial charge in [-0.2, -0.15) is 0 Å². The van der Waals surface area contributed by atoms with Crippen molar-refractivity contribution in [1.29, 1.82) is 0 Å². The summed E-state index contributed by atoms with van der Waals surface area (Å²) < 4.78 is 5.30. The standard InChI is InChI=1S/C17H26N2O4/c18-15(16(20)21)9-5-6-10-19-17(22)23-11-14-12-7-3-1-2-4-8-13(12)14/h12-15H,3-11,18H2,(H,19,22)(H,20,21)/t12-,13+,14+,15-/m0/s1. The predicted molar refractivity (Wildman–Crippen MR) is 85.5 cm³/mol. The second-order valence-corrected chi connectivity index (χ2v) is 6.39. The summed E-state index contributed by atoms with van der Waals surface area (Å²) in [6, 6.07) is -0.822. The van der Waals surface area contributed by atoms with Gasteiger partial charge >= 0.3 is 12.1 Å². The molecule has 4 atom stereocenters. The summed E-state index contributed by atoms with van der Waals surface area (Å²) in [5, 5.41) is 11.4. The number of carbonyl (C=O) groups excluding carboxylic acids is 1. The highest BCUT2D eigenvalue weighted by atomic mass is 16.5. The van der Waals surface area contributed by atoms with E-state index in [1.54, 1.807) is 0 Å². The Hall–Kier alpha value is -1.74. The zero-order valence-electron chi connectivity index (χ0n) is 13.4. The normalized spacial score (nSPS) is 26.6. The van der Waals surface area contributed by atoms with Crippen molar-refractivity contribution in [3.05, 3.63) is 0 Å². The Morgan fingerprint density at radius 3 is 2.48 bits per heavy atom. The highest BCUT2D eigenvalue weighted by molar-refractivity contribution is 5.72. The van der Waals surface area contributed by atoms with Crippen molar-refractivity contribution in [2.45, 2.75) is 51.0 Å². The number of ether oxygens (including phenoxy) is 1. The van der Waals surface area contributed by atoms with Crippen LogP contribution >= 0.6 is 0 Å². The van der Waals surface area contributed by atoms with Crippen LogP contribution in [0, 0.1) is 29.6 Å². The van der Waals surface area contributed by atoms with Gasteiger partial charge in [-0.05, 0) is 49.9 Å². The summed E-state index contributed by atoms with van der Waals surface area (Å²) in [5.41, 5.74) is 5.41. The first-order chi connectivity index (χ1) is 11.1. The van der Waals surface area contributed by atoms with E-state index in [1.807, 2.05) is 0 Å². The van der Waals surface area contributed by atoms with Gasteiger partial charge in [0.1, 0.15) is 6.04 Å². The van der Waals surface area contributed by atoms with E-state index in [2.05, 4.69) is 17.2 Å². The van der Waals surface area contributed by atoms with Gasteiger partial charge in [0.15, 0.2) is 0 Å². The van der Waals surface area contributed by atoms with Crippen LogP contribution in [0.3, 0.4) is 0 Å². The number of unbranched alkanes of at least 4 members (excludes halogenated alkanes) is 1. The minimum Gasteiger partial charge on any atom is -0.480 e. The largest absolute Gasteiger partial charge is 0.480 e. The van der Waals surface area contributed by atoms with E-state index in [9.17, 15) is 9.59 Å². The van der Waals surface area contributed by atoms with E-state index in [4.69, 9.17) is 15.6 Å². The highest BCUT2D eigenvalue weighted by Gasteiger charge is 2.49. The van der Waals surface area contributed by atoms with Crippen LogP contribution in [-0.2, 0) is 9.53 Å². The van der Waals surface area contributed by atoms with E-state index >= 15 is 0 Å². The average molecular weight is 322 g/mol. The minimum atomic E-state index is -0.986. The second-order valence-electron chi connectivity index (χ2n) is 6.39. The second kappa shape index (κ2) is 8.78. The Kier molecular flexibility index (Phi) is 6.72. The van der Waals surface area contributed by atoms with Gasteiger partial charge in [0.25, 0.3) is 0 Å². The number of fused-ring (bicyclic) bond motifs is 1. The molecular formula is C17H26N2O4. The van der Waals surface area contributed by atoms with Crippen LogP contribution in [0.5, 0.6) is 0 Å². The SMILES string of the molecule is N[C@@H](CCCCNC(=O)OC[C@H]1[C@@H]2CCC#CCC[C@@H]21)C(=O)O. The Bertz CT molecular complexity index is 465. The molecular weight excluding hydrogens is 296 g/mol. The summed E-state index contributed by atoms with van der Waals surface area (Å²) in [6.07, 6.45) is 5.56. The number of nitrogens with two attached hydrogens (primary N) is 1. The lowest BCUT2D eigenvalue weighted by Gasteiger charge is -2.08. The zero-order valence-corrected chi connectivity index (χ0v) is 13.4. The van der Waals surface area contributed by atoms with Crippen LogP contribution in [-0.4, -0.2) is 36.4 Å². The summed E-state index contributed by atoms with van der Waals surface area (Å²) in [7, 11) is 0. The first-order valence-electron chi connectivity index (χ1n) is 8.44. The molecule has 0 aromatic carbocycles. The number of rotatable bonds is 8. The Morgan fingerprint density at radius 2 is 1.87 bits per heavy atom. The average Bonchev–Trinajstić information content (AvgIpc) is 3.14. The Morgan fingerprint density at radius 1 is 1.22 bits per heavy atom. The van der Waals surface area contributed by atoms with Gasteiger partial charge in [-0.25, -0.2) is 4.79 Å². The van der Waals surface area contributed by atoms with Gasteiger partial charge in [-0.3, -0.25) is 4.79 Å². The molecule has 0 saturated heterocycles. The smallest absolute Gasteiger partial charge is 0.407 e. The predicted octanol–water partition coefficient (Wildman–Crippen LogP) is 1.73. The first-order valence-corrected chi connectivity index (χ1v) is 8.44. The quantitative estimate of drug-likeness (QED) is 0.467. The van der Waals surface area contributed by atoms with E-state index in [0.717, 1.165) is 25.7 Å². The first kappa shape index (κ1) is 17.6. The zero-order chi connectivity index (χ0) is 16.7. The lowest BCUT2D eigenvalue weighted by atomic mass is 10.1. The van der Waals surface area contributed by atoms with Crippen LogP contribution in [0.25, 0.3) is 0 Å². The van der Waals surface area contributed by atoms with Crippen molar-refractivity contribution in [2.24, 2.45) is 23.5 Å². The Balaban J connectivity index is 1.50. The number of carboxylic acid groups (broad SMARTS) is 1. The van der Waals surface area contributed by atoms with Gasteiger partial charge in [0.05, 0.1) is 6.61 Å². The highest BCUT2D eigenvalue weighted by Crippen LogP contribution is 2.52. The maximum atomic E-state index is 11.6. The van der Waals surface area contributed by atoms with Gasteiger partial charge < -0.3 is 20.9 Å². The molecule has 0 spiro atoms. The third-order valence-electron chi connectivity index (χ3n) is 4.77. The number of amides is 1. The topological polar surface area (TPSA) is 102 Å². The van der Waals surface area contributed by atoms with Crippen LogP contribution in [0.4, 0.5) is 4.79 Å². The molecule has 0 heterocycles. The monoisotopic (exact) mass is 322 g/mol. The number of hydrogen-bond donors (Lipinski definition) is 3. The molecule has 0 unspecified atom stereocenters. The molecule has 23 heavy (non-hydrogen) atoms. The molecule has 6 heteroatoms. The molecule has 0 aromatic heterocycles. The maximum Gasteiger partial charge on any atom is 0.407 e. The molecule has 6 nitrogen and oxygen atoms in total. The summed E-state index contributed by atoms with van der Waals surface area (Å²) in [5.74, 6) is 7.20. The van der Waals surface area contributed by atoms with E-state index in [-0.39, 0.29) is 6.09 Å². The molecule has 2 rings (SSSR count). The number of aliphatic carboxylic acids is 1. The number of carboxylic acids is 1. The number of nitrogens with one attached hydrogen (secondary N) is 1. The number of carbonyl (C=O) groups is 2. The van der Waals surface area contributed by atoms with Crippen LogP contribution in [0.2, 0.25) is 0 Å². The molecule has 0 radical (unpaired) electrons. The molecule has 0 aliphatic heterocycles. The van der Waals surface area contributed by atoms with Crippen molar-refractivity contribution < 1.29 is 19.4 Å². The summed E-state index contributed by atoms with van der Waals surface area (Å²) in [6.45, 7) is 0.974. The fourth-order valence-electron chi connectivity index (χ4n) is 3.31. The lowest BCUT2D eigenvalue weighted by Crippen LogP contribution is -2.30. The van der Waals surface area contributed by atoms with Crippen LogP contribution in [0.1, 0.15) is 44.9 Å².